The second-order valence-electron chi connectivity index (χ2n) is 12.4. The molecule has 1 aliphatic carbocycles. The van der Waals surface area contributed by atoms with Crippen molar-refractivity contribution in [3.63, 3.8) is 0 Å². The number of hydrogen-bond donors (Lipinski definition) is 0. The quantitative estimate of drug-likeness (QED) is 0.177. The van der Waals surface area contributed by atoms with Crippen LogP contribution in [0.1, 0.15) is 22.3 Å². The van der Waals surface area contributed by atoms with E-state index in [4.69, 9.17) is 0 Å². The largest absolute Gasteiger partial charge is 0.309 e. The zero-order valence-corrected chi connectivity index (χ0v) is 26.3. The van der Waals surface area contributed by atoms with Crippen LogP contribution >= 0.6 is 23.1 Å². The number of nitrogens with zero attached hydrogens (tertiary/aromatic N) is 1. The minimum absolute atomic E-state index is 0.377. The first-order valence-corrected chi connectivity index (χ1v) is 17.4. The predicted molar refractivity (Wildman–Crippen MR) is 195 cm³/mol. The molecule has 2 aromatic heterocycles. The van der Waals surface area contributed by atoms with E-state index >= 15 is 0 Å². The van der Waals surface area contributed by atoms with E-state index in [0.29, 0.717) is 0 Å². The summed E-state index contributed by atoms with van der Waals surface area (Å²) < 4.78 is 5.14. The van der Waals surface area contributed by atoms with Crippen molar-refractivity contribution < 1.29 is 0 Å². The highest BCUT2D eigenvalue weighted by atomic mass is 32.2. The molecule has 0 bridgehead atoms. The van der Waals surface area contributed by atoms with Gasteiger partial charge in [-0.3, -0.25) is 0 Å². The van der Waals surface area contributed by atoms with E-state index in [1.807, 2.05) is 23.1 Å². The van der Waals surface area contributed by atoms with E-state index in [1.54, 1.807) is 0 Å². The molecule has 0 fully saturated rings. The number of fused-ring (bicyclic) bond motifs is 15. The fraction of sp³-hybridized carbons (Fsp3) is 0.0233. The van der Waals surface area contributed by atoms with Crippen LogP contribution in [-0.2, 0) is 5.41 Å². The summed E-state index contributed by atoms with van der Waals surface area (Å²) in [5, 5.41) is 5.25. The van der Waals surface area contributed by atoms with E-state index < -0.39 is 0 Å². The SMILES string of the molecule is c1ccc2c(c1)Sc1cc3c(cc1C21c2ccccc2-c2ccccc21)c1ccccc1n3-c1ccc2c(c1)sc1ccccc12. The van der Waals surface area contributed by atoms with E-state index in [9.17, 15) is 0 Å². The Morgan fingerprint density at radius 3 is 1.89 bits per heavy atom. The van der Waals surface area contributed by atoms with Gasteiger partial charge in [0, 0.05) is 46.4 Å². The van der Waals surface area contributed by atoms with Crippen molar-refractivity contribution in [1.82, 2.24) is 4.57 Å². The molecule has 0 amide bonds. The van der Waals surface area contributed by atoms with Crippen LogP contribution in [-0.4, -0.2) is 4.57 Å². The molecule has 0 N–H and O–H groups in total. The van der Waals surface area contributed by atoms with E-state index in [0.717, 1.165) is 0 Å². The first kappa shape index (κ1) is 25.1. The molecule has 3 heteroatoms. The topological polar surface area (TPSA) is 4.93 Å². The maximum Gasteiger partial charge on any atom is 0.0735 e. The van der Waals surface area contributed by atoms with Gasteiger partial charge in [0.05, 0.1) is 16.4 Å². The monoisotopic (exact) mass is 619 g/mol. The normalized spacial score (nSPS) is 14.2. The van der Waals surface area contributed by atoms with E-state index in [-0.39, 0.29) is 5.41 Å². The van der Waals surface area contributed by atoms with E-state index in [1.165, 1.54) is 90.8 Å². The van der Waals surface area contributed by atoms with Crippen LogP contribution in [0.5, 0.6) is 0 Å². The average molecular weight is 620 g/mol. The molecule has 0 saturated carbocycles. The molecule has 0 radical (unpaired) electrons. The summed E-state index contributed by atoms with van der Waals surface area (Å²) in [6.45, 7) is 0. The van der Waals surface area contributed by atoms with Gasteiger partial charge >= 0.3 is 0 Å². The first-order valence-electron chi connectivity index (χ1n) is 15.8. The Hall–Kier alpha value is -5.09. The number of para-hydroxylation sites is 1. The number of rotatable bonds is 1. The molecule has 1 nitrogen and oxygen atoms in total. The molecule has 0 atom stereocenters. The molecular formula is C43H25NS2. The van der Waals surface area contributed by atoms with Crippen molar-refractivity contribution in [1.29, 1.82) is 0 Å². The Kier molecular flexibility index (Phi) is 4.92. The van der Waals surface area contributed by atoms with Gasteiger partial charge in [-0.2, -0.15) is 0 Å². The lowest BCUT2D eigenvalue weighted by molar-refractivity contribution is 0.724. The standard InChI is InChI=1S/C43H25NS2/c1-5-15-33-27(11-1)28-12-2-6-16-34(28)43(33)35-17-7-10-20-40(35)46-42-25-38-32(24-36(42)43)29-13-3-8-18-37(29)44(38)26-21-22-31-30-14-4-9-19-39(30)45-41(31)23-26/h1-25H. The second kappa shape index (κ2) is 9.01. The van der Waals surface area contributed by atoms with Crippen LogP contribution in [0.4, 0.5) is 0 Å². The molecule has 7 aromatic carbocycles. The lowest BCUT2D eigenvalue weighted by Crippen LogP contribution is -2.31. The Balaban J connectivity index is 1.26. The van der Waals surface area contributed by atoms with Crippen LogP contribution < -0.4 is 0 Å². The summed E-state index contributed by atoms with van der Waals surface area (Å²) >= 11 is 3.80. The van der Waals surface area contributed by atoms with Gasteiger partial charge in [0.15, 0.2) is 0 Å². The van der Waals surface area contributed by atoms with Gasteiger partial charge in [-0.15, -0.1) is 11.3 Å². The van der Waals surface area contributed by atoms with Crippen molar-refractivity contribution in [2.45, 2.75) is 15.2 Å². The van der Waals surface area contributed by atoms with Gasteiger partial charge in [-0.1, -0.05) is 121 Å². The van der Waals surface area contributed by atoms with Crippen molar-refractivity contribution in [2.75, 3.05) is 0 Å². The zero-order valence-electron chi connectivity index (χ0n) is 24.7. The smallest absolute Gasteiger partial charge is 0.0735 e. The summed E-state index contributed by atoms with van der Waals surface area (Å²) in [5.74, 6) is 0. The fourth-order valence-electron chi connectivity index (χ4n) is 8.45. The maximum absolute atomic E-state index is 2.53. The van der Waals surface area contributed by atoms with Gasteiger partial charge in [0.2, 0.25) is 0 Å². The van der Waals surface area contributed by atoms with Crippen molar-refractivity contribution in [3.8, 4) is 16.8 Å². The third-order valence-corrected chi connectivity index (χ3v) is 12.5. The van der Waals surface area contributed by atoms with Crippen molar-refractivity contribution in [3.05, 3.63) is 174 Å². The Morgan fingerprint density at radius 2 is 1.07 bits per heavy atom. The predicted octanol–water partition coefficient (Wildman–Crippen LogP) is 12.0. The minimum Gasteiger partial charge on any atom is -0.309 e. The second-order valence-corrected chi connectivity index (χ2v) is 14.6. The fourth-order valence-corrected chi connectivity index (χ4v) is 10.8. The lowest BCUT2D eigenvalue weighted by atomic mass is 9.67. The Morgan fingerprint density at radius 1 is 0.413 bits per heavy atom. The zero-order chi connectivity index (χ0) is 30.0. The highest BCUT2D eigenvalue weighted by Crippen LogP contribution is 2.62. The van der Waals surface area contributed by atoms with Crippen molar-refractivity contribution in [2.24, 2.45) is 0 Å². The van der Waals surface area contributed by atoms with Crippen LogP contribution in [0.15, 0.2) is 161 Å². The summed E-state index contributed by atoms with van der Waals surface area (Å²) in [6.07, 6.45) is 0. The first-order chi connectivity index (χ1) is 22.8. The Bertz CT molecular complexity index is 2700. The minimum atomic E-state index is -0.377. The molecule has 1 spiro atoms. The third-order valence-electron chi connectivity index (χ3n) is 10.3. The molecule has 2 aliphatic rings. The van der Waals surface area contributed by atoms with Gasteiger partial charge < -0.3 is 4.57 Å². The molecular weight excluding hydrogens is 595 g/mol. The van der Waals surface area contributed by atoms with Crippen LogP contribution in [0.2, 0.25) is 0 Å². The average Bonchev–Trinajstić information content (AvgIpc) is 3.74. The third kappa shape index (κ3) is 3.07. The van der Waals surface area contributed by atoms with Gasteiger partial charge in [0.1, 0.15) is 0 Å². The summed E-state index contributed by atoms with van der Waals surface area (Å²) in [5.41, 5.74) is 11.5. The van der Waals surface area contributed by atoms with Crippen LogP contribution in [0.3, 0.4) is 0 Å². The van der Waals surface area contributed by atoms with Gasteiger partial charge in [-0.25, -0.2) is 0 Å². The lowest BCUT2D eigenvalue weighted by Gasteiger charge is -2.39. The molecule has 214 valence electrons. The number of thiophene rings is 1. The molecule has 9 aromatic rings. The van der Waals surface area contributed by atoms with Gasteiger partial charge in [-0.05, 0) is 75.8 Å². The number of hydrogen-bond acceptors (Lipinski definition) is 2. The molecule has 0 saturated heterocycles. The maximum atomic E-state index is 2.53. The molecule has 11 rings (SSSR count). The number of aromatic nitrogens is 1. The highest BCUT2D eigenvalue weighted by molar-refractivity contribution is 7.99. The van der Waals surface area contributed by atoms with Gasteiger partial charge in [0.25, 0.3) is 0 Å². The van der Waals surface area contributed by atoms with Crippen molar-refractivity contribution >= 4 is 65.1 Å². The summed E-state index contributed by atoms with van der Waals surface area (Å²) in [4.78, 5) is 2.65. The van der Waals surface area contributed by atoms with E-state index in [2.05, 4.69) is 156 Å². The number of benzene rings is 7. The Labute approximate surface area is 274 Å². The molecule has 46 heavy (non-hydrogen) atoms. The molecule has 1 aliphatic heterocycles. The summed E-state index contributed by atoms with van der Waals surface area (Å²) in [7, 11) is 0. The van der Waals surface area contributed by atoms with Crippen LogP contribution in [0.25, 0.3) is 58.8 Å². The highest BCUT2D eigenvalue weighted by Gasteiger charge is 2.50. The molecule has 3 heterocycles. The molecule has 0 unspecified atom stereocenters. The summed E-state index contributed by atoms with van der Waals surface area (Å²) in [6, 6.07) is 56.9. The van der Waals surface area contributed by atoms with Crippen LogP contribution in [0, 0.1) is 0 Å².